The van der Waals surface area contributed by atoms with Gasteiger partial charge in [0.2, 0.25) is 0 Å². The molecule has 2 aliphatic rings. The van der Waals surface area contributed by atoms with E-state index in [2.05, 4.69) is 18.2 Å². The molecule has 1 unspecified atom stereocenters. The molecule has 3 rings (SSSR count). The van der Waals surface area contributed by atoms with E-state index in [1.54, 1.807) is 7.11 Å². The number of ether oxygens (including phenoxy) is 1. The highest BCUT2D eigenvalue weighted by Gasteiger charge is 2.34. The Morgan fingerprint density at radius 1 is 1.37 bits per heavy atom. The Balaban J connectivity index is 1.87. The van der Waals surface area contributed by atoms with Crippen molar-refractivity contribution in [1.82, 2.24) is 0 Å². The highest BCUT2D eigenvalue weighted by atomic mass is 16.5. The van der Waals surface area contributed by atoms with Crippen LogP contribution in [0.25, 0.3) is 0 Å². The summed E-state index contributed by atoms with van der Waals surface area (Å²) in [7, 11) is 1.70. The van der Waals surface area contributed by atoms with Crippen LogP contribution in [0.2, 0.25) is 0 Å². The predicted octanol–water partition coefficient (Wildman–Crippen LogP) is 3.54. The smallest absolute Gasteiger partial charge is 0.303 e. The fourth-order valence-electron chi connectivity index (χ4n) is 2.93. The largest absolute Gasteiger partial charge is 0.496 e. The number of benzene rings is 1. The van der Waals surface area contributed by atoms with E-state index in [1.165, 1.54) is 18.4 Å². The third kappa shape index (κ3) is 2.75. The highest BCUT2D eigenvalue weighted by molar-refractivity contribution is 5.68. The third-order valence-electron chi connectivity index (χ3n) is 4.29. The summed E-state index contributed by atoms with van der Waals surface area (Å²) in [5.74, 6) is 1.59. The maximum Gasteiger partial charge on any atom is 0.303 e. The molecular weight excluding hydrogens is 240 g/mol. The molecule has 0 aliphatic heterocycles. The van der Waals surface area contributed by atoms with Crippen molar-refractivity contribution in [3.8, 4) is 5.75 Å². The molecule has 2 saturated carbocycles. The first-order valence-corrected chi connectivity index (χ1v) is 7.08. The van der Waals surface area contributed by atoms with Gasteiger partial charge in [0.05, 0.1) is 13.5 Å². The van der Waals surface area contributed by atoms with E-state index in [-0.39, 0.29) is 12.3 Å². The van der Waals surface area contributed by atoms with Crippen LogP contribution < -0.4 is 4.74 Å². The molecule has 2 aliphatic carbocycles. The van der Waals surface area contributed by atoms with Crippen LogP contribution >= 0.6 is 0 Å². The van der Waals surface area contributed by atoms with Crippen LogP contribution in [0.3, 0.4) is 0 Å². The number of carboxylic acid groups (broad SMARTS) is 1. The van der Waals surface area contributed by atoms with Gasteiger partial charge in [-0.3, -0.25) is 4.79 Å². The van der Waals surface area contributed by atoms with Crippen molar-refractivity contribution in [2.75, 3.05) is 7.11 Å². The van der Waals surface area contributed by atoms with E-state index in [0.717, 1.165) is 24.2 Å². The Bertz CT molecular complexity index is 487. The highest BCUT2D eigenvalue weighted by Crippen LogP contribution is 2.48. The van der Waals surface area contributed by atoms with E-state index in [9.17, 15) is 4.79 Å². The summed E-state index contributed by atoms with van der Waals surface area (Å²) in [5.41, 5.74) is 2.42. The SMILES string of the molecule is COc1cc(C(CC(=O)O)C2CC2)ccc1C1CC1. The van der Waals surface area contributed by atoms with Crippen LogP contribution in [0.15, 0.2) is 18.2 Å². The molecular formula is C16H20O3. The summed E-state index contributed by atoms with van der Waals surface area (Å²) in [6.07, 6.45) is 5.04. The van der Waals surface area contributed by atoms with Gasteiger partial charge in [-0.1, -0.05) is 12.1 Å². The average Bonchev–Trinajstić information content (AvgIpc) is 3.28. The molecule has 102 valence electrons. The Hall–Kier alpha value is -1.51. The molecule has 0 amide bonds. The standard InChI is InChI=1S/C16H20O3/c1-19-15-8-12(6-7-13(15)10-2-3-10)14(9-16(17)18)11-4-5-11/h6-8,10-11,14H,2-5,9H2,1H3,(H,17,18). The van der Waals surface area contributed by atoms with Gasteiger partial charge in [0.1, 0.15) is 5.75 Å². The molecule has 2 fully saturated rings. The lowest BCUT2D eigenvalue weighted by molar-refractivity contribution is -0.137. The Morgan fingerprint density at radius 2 is 2.11 bits per heavy atom. The van der Waals surface area contributed by atoms with Gasteiger partial charge in [-0.25, -0.2) is 0 Å². The third-order valence-corrected chi connectivity index (χ3v) is 4.29. The molecule has 1 atom stereocenters. The van der Waals surface area contributed by atoms with Crippen molar-refractivity contribution in [1.29, 1.82) is 0 Å². The quantitative estimate of drug-likeness (QED) is 0.851. The molecule has 0 radical (unpaired) electrons. The fourth-order valence-corrected chi connectivity index (χ4v) is 2.93. The second-order valence-corrected chi connectivity index (χ2v) is 5.82. The van der Waals surface area contributed by atoms with E-state index in [1.807, 2.05) is 0 Å². The summed E-state index contributed by atoms with van der Waals surface area (Å²) in [6.45, 7) is 0. The number of rotatable bonds is 6. The van der Waals surface area contributed by atoms with Gasteiger partial charge in [-0.05, 0) is 60.6 Å². The molecule has 0 spiro atoms. The number of hydrogen-bond acceptors (Lipinski definition) is 2. The summed E-state index contributed by atoms with van der Waals surface area (Å²) in [6, 6.07) is 6.32. The minimum Gasteiger partial charge on any atom is -0.496 e. The summed E-state index contributed by atoms with van der Waals surface area (Å²) < 4.78 is 5.50. The van der Waals surface area contributed by atoms with Gasteiger partial charge in [0, 0.05) is 0 Å². The van der Waals surface area contributed by atoms with Crippen LogP contribution in [0.1, 0.15) is 55.1 Å². The molecule has 3 nitrogen and oxygen atoms in total. The molecule has 1 aromatic rings. The van der Waals surface area contributed by atoms with Gasteiger partial charge < -0.3 is 9.84 Å². The molecule has 1 aromatic carbocycles. The van der Waals surface area contributed by atoms with E-state index in [4.69, 9.17) is 9.84 Å². The van der Waals surface area contributed by atoms with Crippen LogP contribution in [-0.4, -0.2) is 18.2 Å². The van der Waals surface area contributed by atoms with Crippen molar-refractivity contribution in [3.05, 3.63) is 29.3 Å². The van der Waals surface area contributed by atoms with E-state index >= 15 is 0 Å². The first-order valence-electron chi connectivity index (χ1n) is 7.08. The number of hydrogen-bond donors (Lipinski definition) is 1. The zero-order valence-corrected chi connectivity index (χ0v) is 11.3. The maximum atomic E-state index is 11.0. The Morgan fingerprint density at radius 3 is 2.63 bits per heavy atom. The minimum absolute atomic E-state index is 0.152. The van der Waals surface area contributed by atoms with E-state index < -0.39 is 5.97 Å². The van der Waals surface area contributed by atoms with E-state index in [0.29, 0.717) is 11.8 Å². The number of methoxy groups -OCH3 is 1. The normalized spacial score (nSPS) is 20.1. The first kappa shape index (κ1) is 12.5. The average molecular weight is 260 g/mol. The predicted molar refractivity (Wildman–Crippen MR) is 72.7 cm³/mol. The topological polar surface area (TPSA) is 46.5 Å². The van der Waals surface area contributed by atoms with Crippen molar-refractivity contribution >= 4 is 5.97 Å². The number of carboxylic acids is 1. The van der Waals surface area contributed by atoms with Gasteiger partial charge in [0.15, 0.2) is 0 Å². The molecule has 3 heteroatoms. The monoisotopic (exact) mass is 260 g/mol. The summed E-state index contributed by atoms with van der Waals surface area (Å²) in [5, 5.41) is 9.07. The Labute approximate surface area is 113 Å². The Kier molecular flexibility index (Phi) is 3.21. The lowest BCUT2D eigenvalue weighted by Gasteiger charge is -2.17. The first-order chi connectivity index (χ1) is 9.19. The minimum atomic E-state index is -0.706. The lowest BCUT2D eigenvalue weighted by Crippen LogP contribution is -2.09. The van der Waals surface area contributed by atoms with Crippen molar-refractivity contribution in [2.24, 2.45) is 5.92 Å². The fraction of sp³-hybridized carbons (Fsp3) is 0.562. The molecule has 0 aromatic heterocycles. The van der Waals surface area contributed by atoms with Crippen LogP contribution in [0.5, 0.6) is 5.75 Å². The van der Waals surface area contributed by atoms with Gasteiger partial charge in [-0.15, -0.1) is 0 Å². The zero-order valence-electron chi connectivity index (χ0n) is 11.3. The van der Waals surface area contributed by atoms with Crippen LogP contribution in [0.4, 0.5) is 0 Å². The van der Waals surface area contributed by atoms with Crippen molar-refractivity contribution in [2.45, 2.75) is 43.9 Å². The van der Waals surface area contributed by atoms with Gasteiger partial charge >= 0.3 is 5.97 Å². The van der Waals surface area contributed by atoms with Gasteiger partial charge in [0.25, 0.3) is 0 Å². The lowest BCUT2D eigenvalue weighted by atomic mass is 9.89. The van der Waals surface area contributed by atoms with Crippen molar-refractivity contribution < 1.29 is 14.6 Å². The zero-order chi connectivity index (χ0) is 13.4. The summed E-state index contributed by atoms with van der Waals surface area (Å²) >= 11 is 0. The second kappa shape index (κ2) is 4.87. The van der Waals surface area contributed by atoms with Crippen molar-refractivity contribution in [3.63, 3.8) is 0 Å². The summed E-state index contributed by atoms with van der Waals surface area (Å²) in [4.78, 5) is 11.0. The molecule has 0 bridgehead atoms. The number of aliphatic carboxylic acids is 1. The van der Waals surface area contributed by atoms with Crippen LogP contribution in [-0.2, 0) is 4.79 Å². The van der Waals surface area contributed by atoms with Crippen LogP contribution in [0, 0.1) is 5.92 Å². The maximum absolute atomic E-state index is 11.0. The number of carbonyl (C=O) groups is 1. The second-order valence-electron chi connectivity index (χ2n) is 5.82. The molecule has 0 heterocycles. The molecule has 19 heavy (non-hydrogen) atoms. The van der Waals surface area contributed by atoms with Gasteiger partial charge in [-0.2, -0.15) is 0 Å². The molecule has 1 N–H and O–H groups in total. The molecule has 0 saturated heterocycles.